The second-order valence-corrected chi connectivity index (χ2v) is 3.26. The topological polar surface area (TPSA) is 80.6 Å². The Kier molecular flexibility index (Phi) is 2.39. The van der Waals surface area contributed by atoms with E-state index in [2.05, 4.69) is 4.98 Å². The van der Waals surface area contributed by atoms with Gasteiger partial charge in [0.1, 0.15) is 11.6 Å². The lowest BCUT2D eigenvalue weighted by atomic mass is 10.1. The van der Waals surface area contributed by atoms with Crippen molar-refractivity contribution in [1.29, 1.82) is 0 Å². The zero-order valence-corrected chi connectivity index (χ0v) is 8.00. The van der Waals surface area contributed by atoms with Crippen molar-refractivity contribution in [2.45, 2.75) is 5.92 Å². The molecular weight excluding hydrogens is 194 g/mol. The summed E-state index contributed by atoms with van der Waals surface area (Å²) in [5, 5.41) is 8.92. The minimum Gasteiger partial charge on any atom is -0.481 e. The number of aliphatic carboxylic acids is 1. The van der Waals surface area contributed by atoms with Crippen molar-refractivity contribution in [3.63, 3.8) is 0 Å². The smallest absolute Gasteiger partial charge is 0.313 e. The Bertz CT molecular complexity index is 459. The van der Waals surface area contributed by atoms with Gasteiger partial charge in [0, 0.05) is 18.9 Å². The zero-order chi connectivity index (χ0) is 10.8. The summed E-state index contributed by atoms with van der Waals surface area (Å²) in [5.41, 5.74) is 6.62. The first-order valence-corrected chi connectivity index (χ1v) is 4.59. The van der Waals surface area contributed by atoms with Crippen molar-refractivity contribution in [1.82, 2.24) is 9.38 Å². The Hall–Kier alpha value is -1.88. The second kappa shape index (κ2) is 3.70. The highest BCUT2D eigenvalue weighted by atomic mass is 16.4. The molecule has 2 aromatic rings. The van der Waals surface area contributed by atoms with Gasteiger partial charge in [-0.25, -0.2) is 4.98 Å². The van der Waals surface area contributed by atoms with Gasteiger partial charge < -0.3 is 15.2 Å². The van der Waals surface area contributed by atoms with Gasteiger partial charge in [0.2, 0.25) is 0 Å². The van der Waals surface area contributed by atoms with Crippen LogP contribution in [0.4, 0.5) is 0 Å². The normalized spacial score (nSPS) is 12.9. The number of pyridine rings is 1. The van der Waals surface area contributed by atoms with Crippen LogP contribution in [0.5, 0.6) is 0 Å². The van der Waals surface area contributed by atoms with Crippen LogP contribution in [0.25, 0.3) is 5.65 Å². The third-order valence-corrected chi connectivity index (χ3v) is 2.27. The van der Waals surface area contributed by atoms with Gasteiger partial charge in [-0.05, 0) is 12.1 Å². The quantitative estimate of drug-likeness (QED) is 0.762. The molecule has 0 amide bonds. The number of imidazole rings is 1. The molecule has 0 saturated carbocycles. The minimum absolute atomic E-state index is 0.0548. The molecule has 0 bridgehead atoms. The van der Waals surface area contributed by atoms with Gasteiger partial charge >= 0.3 is 5.97 Å². The molecule has 2 aromatic heterocycles. The number of carboxylic acid groups (broad SMARTS) is 1. The van der Waals surface area contributed by atoms with E-state index in [0.717, 1.165) is 5.65 Å². The minimum atomic E-state index is -0.944. The van der Waals surface area contributed by atoms with Crippen molar-refractivity contribution < 1.29 is 9.90 Å². The van der Waals surface area contributed by atoms with E-state index in [1.165, 1.54) is 0 Å². The predicted octanol–water partition coefficient (Wildman–Crippen LogP) is 0.461. The van der Waals surface area contributed by atoms with E-state index in [1.807, 2.05) is 24.4 Å². The van der Waals surface area contributed by atoms with Crippen molar-refractivity contribution in [3.05, 3.63) is 36.3 Å². The lowest BCUT2D eigenvalue weighted by Gasteiger charge is -2.04. The van der Waals surface area contributed by atoms with E-state index in [1.54, 1.807) is 10.6 Å². The van der Waals surface area contributed by atoms with Crippen LogP contribution in [0.2, 0.25) is 0 Å². The fraction of sp³-hybridized carbons (Fsp3) is 0.200. The van der Waals surface area contributed by atoms with Gasteiger partial charge in [0.25, 0.3) is 0 Å². The summed E-state index contributed by atoms with van der Waals surface area (Å²) in [7, 11) is 0. The molecule has 0 aliphatic heterocycles. The number of hydrogen-bond acceptors (Lipinski definition) is 3. The SMILES string of the molecule is NCC(C(=O)O)c1cn2ccccc2n1. The molecule has 15 heavy (non-hydrogen) atoms. The molecule has 0 aromatic carbocycles. The Morgan fingerprint density at radius 2 is 2.40 bits per heavy atom. The Morgan fingerprint density at radius 3 is 3.00 bits per heavy atom. The molecule has 5 nitrogen and oxygen atoms in total. The van der Waals surface area contributed by atoms with Crippen molar-refractivity contribution in [2.24, 2.45) is 5.73 Å². The van der Waals surface area contributed by atoms with Crippen molar-refractivity contribution in [3.8, 4) is 0 Å². The second-order valence-electron chi connectivity index (χ2n) is 3.26. The number of rotatable bonds is 3. The maximum Gasteiger partial charge on any atom is 0.313 e. The molecule has 1 unspecified atom stereocenters. The predicted molar refractivity (Wildman–Crippen MR) is 54.6 cm³/mol. The van der Waals surface area contributed by atoms with Gasteiger partial charge in [-0.2, -0.15) is 0 Å². The highest BCUT2D eigenvalue weighted by molar-refractivity contribution is 5.76. The molecule has 3 N–H and O–H groups in total. The highest BCUT2D eigenvalue weighted by Crippen LogP contribution is 2.14. The monoisotopic (exact) mass is 205 g/mol. The van der Waals surface area contributed by atoms with Crippen LogP contribution in [0, 0.1) is 0 Å². The molecule has 2 rings (SSSR count). The van der Waals surface area contributed by atoms with Gasteiger partial charge in [0.05, 0.1) is 5.69 Å². The van der Waals surface area contributed by atoms with Crippen LogP contribution in [0.1, 0.15) is 11.6 Å². The number of hydrogen-bond donors (Lipinski definition) is 2. The summed E-state index contributed by atoms with van der Waals surface area (Å²) in [5.74, 6) is -1.68. The van der Waals surface area contributed by atoms with Crippen molar-refractivity contribution in [2.75, 3.05) is 6.54 Å². The summed E-state index contributed by atoms with van der Waals surface area (Å²) in [4.78, 5) is 15.1. The first kappa shape index (κ1) is 9.67. The fourth-order valence-electron chi connectivity index (χ4n) is 1.47. The molecule has 0 aliphatic carbocycles. The first-order chi connectivity index (χ1) is 7.22. The third kappa shape index (κ3) is 1.69. The molecule has 0 saturated heterocycles. The Balaban J connectivity index is 2.47. The molecule has 0 aliphatic rings. The lowest BCUT2D eigenvalue weighted by molar-refractivity contribution is -0.138. The molecule has 0 fully saturated rings. The average molecular weight is 205 g/mol. The van der Waals surface area contributed by atoms with E-state index in [-0.39, 0.29) is 6.54 Å². The molecule has 0 radical (unpaired) electrons. The van der Waals surface area contributed by atoms with Gasteiger partial charge in [-0.15, -0.1) is 0 Å². The van der Waals surface area contributed by atoms with Crippen LogP contribution < -0.4 is 5.73 Å². The molecule has 0 spiro atoms. The Morgan fingerprint density at radius 1 is 1.60 bits per heavy atom. The van der Waals surface area contributed by atoms with Gasteiger partial charge in [-0.1, -0.05) is 6.07 Å². The number of aromatic nitrogens is 2. The third-order valence-electron chi connectivity index (χ3n) is 2.27. The molecule has 2 heterocycles. The number of carbonyl (C=O) groups is 1. The molecular formula is C10H11N3O2. The standard InChI is InChI=1S/C10H11N3O2/c11-5-7(10(14)15)8-6-13-4-2-1-3-9(13)12-8/h1-4,6-7H,5,11H2,(H,14,15). The maximum atomic E-state index is 10.9. The fourth-order valence-corrected chi connectivity index (χ4v) is 1.47. The first-order valence-electron chi connectivity index (χ1n) is 4.59. The number of nitrogens with zero attached hydrogens (tertiary/aromatic N) is 2. The van der Waals surface area contributed by atoms with Crippen LogP contribution >= 0.6 is 0 Å². The van der Waals surface area contributed by atoms with Crippen LogP contribution in [0.3, 0.4) is 0 Å². The maximum absolute atomic E-state index is 10.9. The van der Waals surface area contributed by atoms with Gasteiger partial charge in [0.15, 0.2) is 0 Å². The summed E-state index contributed by atoms with van der Waals surface area (Å²) in [6, 6.07) is 5.53. The molecule has 5 heteroatoms. The van der Waals surface area contributed by atoms with Gasteiger partial charge in [-0.3, -0.25) is 4.79 Å². The van der Waals surface area contributed by atoms with Crippen molar-refractivity contribution >= 4 is 11.6 Å². The average Bonchev–Trinajstić information content (AvgIpc) is 2.61. The van der Waals surface area contributed by atoms with E-state index < -0.39 is 11.9 Å². The molecule has 78 valence electrons. The van der Waals surface area contributed by atoms with E-state index in [0.29, 0.717) is 5.69 Å². The molecule has 1 atom stereocenters. The summed E-state index contributed by atoms with van der Waals surface area (Å²) >= 11 is 0. The number of carboxylic acids is 1. The van der Waals surface area contributed by atoms with Crippen LogP contribution in [-0.4, -0.2) is 27.0 Å². The summed E-state index contributed by atoms with van der Waals surface area (Å²) in [6.07, 6.45) is 3.52. The highest BCUT2D eigenvalue weighted by Gasteiger charge is 2.20. The summed E-state index contributed by atoms with van der Waals surface area (Å²) in [6.45, 7) is 0.0548. The lowest BCUT2D eigenvalue weighted by Crippen LogP contribution is -2.21. The van der Waals surface area contributed by atoms with E-state index in [4.69, 9.17) is 10.8 Å². The van der Waals surface area contributed by atoms with Crippen LogP contribution in [-0.2, 0) is 4.79 Å². The number of nitrogens with two attached hydrogens (primary N) is 1. The summed E-state index contributed by atoms with van der Waals surface area (Å²) < 4.78 is 1.78. The zero-order valence-electron chi connectivity index (χ0n) is 8.00. The van der Waals surface area contributed by atoms with E-state index >= 15 is 0 Å². The Labute approximate surface area is 86.2 Å². The van der Waals surface area contributed by atoms with Crippen LogP contribution in [0.15, 0.2) is 30.6 Å². The number of fused-ring (bicyclic) bond motifs is 1. The largest absolute Gasteiger partial charge is 0.481 e. The van der Waals surface area contributed by atoms with E-state index in [9.17, 15) is 4.79 Å².